The number of phenols is 1. The Hall–Kier alpha value is -1.64. The molecular formula is C11H13NO2. The molecule has 0 saturated heterocycles. The second-order valence-corrected chi connectivity index (χ2v) is 3.51. The molecule has 0 saturated carbocycles. The largest absolute Gasteiger partial charge is 0.507 e. The summed E-state index contributed by atoms with van der Waals surface area (Å²) in [4.78, 5) is 5.53. The van der Waals surface area contributed by atoms with E-state index in [0.29, 0.717) is 0 Å². The summed E-state index contributed by atoms with van der Waals surface area (Å²) >= 11 is 0. The maximum atomic E-state index is 9.55. The highest BCUT2D eigenvalue weighted by atomic mass is 16.7. The lowest BCUT2D eigenvalue weighted by molar-refractivity contribution is 0.0686. The summed E-state index contributed by atoms with van der Waals surface area (Å²) in [6.45, 7) is 3.93. The number of hydrogen-bond donors (Lipinski definition) is 1. The summed E-state index contributed by atoms with van der Waals surface area (Å²) in [7, 11) is 0. The molecule has 0 unspecified atom stereocenters. The Balaban J connectivity index is 2.52. The van der Waals surface area contributed by atoms with E-state index in [4.69, 9.17) is 4.84 Å². The number of benzene rings is 1. The van der Waals surface area contributed by atoms with Crippen LogP contribution in [0, 0.1) is 0 Å². The van der Waals surface area contributed by atoms with Crippen LogP contribution in [0.2, 0.25) is 0 Å². The van der Waals surface area contributed by atoms with Gasteiger partial charge in [0.25, 0.3) is 0 Å². The van der Waals surface area contributed by atoms with Crippen LogP contribution in [0.15, 0.2) is 30.5 Å². The molecule has 1 aromatic carbocycles. The van der Waals surface area contributed by atoms with Crippen LogP contribution < -0.4 is 4.84 Å². The minimum Gasteiger partial charge on any atom is -0.507 e. The molecule has 0 aliphatic carbocycles. The standard InChI is InChI=1S/C11H13NO2/c1-8(2)14-12-7-6-9-10(12)4-3-5-11(9)13/h3-8,13H,1-2H3. The molecule has 0 aliphatic rings. The summed E-state index contributed by atoms with van der Waals surface area (Å²) in [6.07, 6.45) is 1.93. The van der Waals surface area contributed by atoms with Gasteiger partial charge in [-0.05, 0) is 32.0 Å². The summed E-state index contributed by atoms with van der Waals surface area (Å²) in [5, 5.41) is 10.4. The fraction of sp³-hybridized carbons (Fsp3) is 0.273. The molecule has 0 spiro atoms. The second kappa shape index (κ2) is 3.25. The second-order valence-electron chi connectivity index (χ2n) is 3.51. The Labute approximate surface area is 82.5 Å². The van der Waals surface area contributed by atoms with E-state index in [2.05, 4.69) is 0 Å². The fourth-order valence-electron chi connectivity index (χ4n) is 1.45. The molecule has 74 valence electrons. The predicted octanol–water partition coefficient (Wildman–Crippen LogP) is 2.18. The van der Waals surface area contributed by atoms with Gasteiger partial charge in [-0.3, -0.25) is 0 Å². The number of fused-ring (bicyclic) bond motifs is 1. The van der Waals surface area contributed by atoms with Gasteiger partial charge in [0, 0.05) is 11.6 Å². The molecule has 0 fully saturated rings. The summed E-state index contributed by atoms with van der Waals surface area (Å²) in [5.74, 6) is 0.286. The number of aromatic nitrogens is 1. The van der Waals surface area contributed by atoms with Crippen molar-refractivity contribution in [3.8, 4) is 5.75 Å². The minimum atomic E-state index is 0.118. The number of aromatic hydroxyl groups is 1. The lowest BCUT2D eigenvalue weighted by atomic mass is 10.2. The zero-order chi connectivity index (χ0) is 10.1. The van der Waals surface area contributed by atoms with Gasteiger partial charge in [0.05, 0.1) is 5.52 Å². The van der Waals surface area contributed by atoms with Crippen molar-refractivity contribution in [1.29, 1.82) is 0 Å². The summed E-state index contributed by atoms with van der Waals surface area (Å²) in [6, 6.07) is 7.23. The van der Waals surface area contributed by atoms with E-state index in [1.165, 1.54) is 0 Å². The molecule has 0 bridgehead atoms. The van der Waals surface area contributed by atoms with Crippen molar-refractivity contribution >= 4 is 10.9 Å². The molecule has 2 aromatic rings. The fourth-order valence-corrected chi connectivity index (χ4v) is 1.45. The third kappa shape index (κ3) is 1.41. The van der Waals surface area contributed by atoms with E-state index in [-0.39, 0.29) is 11.9 Å². The van der Waals surface area contributed by atoms with Crippen LogP contribution >= 0.6 is 0 Å². The average molecular weight is 191 g/mol. The summed E-state index contributed by atoms with van der Waals surface area (Å²) in [5.41, 5.74) is 0.888. The van der Waals surface area contributed by atoms with Crippen LogP contribution in [0.25, 0.3) is 10.9 Å². The van der Waals surface area contributed by atoms with Gasteiger partial charge in [-0.25, -0.2) is 0 Å². The molecule has 1 N–H and O–H groups in total. The van der Waals surface area contributed by atoms with Gasteiger partial charge in [0.1, 0.15) is 11.9 Å². The van der Waals surface area contributed by atoms with E-state index in [0.717, 1.165) is 10.9 Å². The zero-order valence-corrected chi connectivity index (χ0v) is 8.27. The minimum absolute atomic E-state index is 0.118. The van der Waals surface area contributed by atoms with Gasteiger partial charge in [0.2, 0.25) is 0 Å². The molecule has 0 amide bonds. The van der Waals surface area contributed by atoms with Crippen molar-refractivity contribution in [3.05, 3.63) is 30.5 Å². The first-order chi connectivity index (χ1) is 6.68. The molecule has 2 rings (SSSR count). The topological polar surface area (TPSA) is 34.4 Å². The van der Waals surface area contributed by atoms with Crippen LogP contribution in [0.5, 0.6) is 5.75 Å². The highest BCUT2D eigenvalue weighted by Crippen LogP contribution is 2.24. The smallest absolute Gasteiger partial charge is 0.125 e. The van der Waals surface area contributed by atoms with Crippen molar-refractivity contribution in [3.63, 3.8) is 0 Å². The molecule has 3 nitrogen and oxygen atoms in total. The van der Waals surface area contributed by atoms with Crippen LogP contribution in [-0.2, 0) is 0 Å². The van der Waals surface area contributed by atoms with Gasteiger partial charge in [-0.15, -0.1) is 0 Å². The third-order valence-electron chi connectivity index (χ3n) is 2.00. The Bertz CT molecular complexity index is 445. The highest BCUT2D eigenvalue weighted by molar-refractivity contribution is 5.85. The molecule has 0 aliphatic heterocycles. The summed E-state index contributed by atoms with van der Waals surface area (Å²) < 4.78 is 1.68. The average Bonchev–Trinajstić information content (AvgIpc) is 2.49. The van der Waals surface area contributed by atoms with Crippen molar-refractivity contribution in [2.75, 3.05) is 0 Å². The molecule has 0 radical (unpaired) electrons. The zero-order valence-electron chi connectivity index (χ0n) is 8.27. The first-order valence-electron chi connectivity index (χ1n) is 4.64. The predicted molar refractivity (Wildman–Crippen MR) is 55.3 cm³/mol. The Morgan fingerprint density at radius 3 is 2.79 bits per heavy atom. The Kier molecular flexibility index (Phi) is 2.08. The number of rotatable bonds is 2. The number of nitrogens with zero attached hydrogens (tertiary/aromatic N) is 1. The molecule has 0 atom stereocenters. The van der Waals surface area contributed by atoms with Crippen molar-refractivity contribution < 1.29 is 9.94 Å². The van der Waals surface area contributed by atoms with Gasteiger partial charge < -0.3 is 9.94 Å². The van der Waals surface area contributed by atoms with Crippen LogP contribution in [0.4, 0.5) is 0 Å². The van der Waals surface area contributed by atoms with Crippen molar-refractivity contribution in [1.82, 2.24) is 4.73 Å². The number of phenolic OH excluding ortho intramolecular Hbond substituents is 1. The third-order valence-corrected chi connectivity index (χ3v) is 2.00. The first kappa shape index (κ1) is 8.94. The lowest BCUT2D eigenvalue weighted by Crippen LogP contribution is -2.17. The van der Waals surface area contributed by atoms with E-state index >= 15 is 0 Å². The van der Waals surface area contributed by atoms with Gasteiger partial charge in [0.15, 0.2) is 0 Å². The SMILES string of the molecule is CC(C)On1ccc2c(O)cccc21. The van der Waals surface area contributed by atoms with Crippen LogP contribution in [0.3, 0.4) is 0 Å². The van der Waals surface area contributed by atoms with Gasteiger partial charge in [-0.2, -0.15) is 4.73 Å². The van der Waals surface area contributed by atoms with Crippen molar-refractivity contribution in [2.45, 2.75) is 20.0 Å². The van der Waals surface area contributed by atoms with Crippen molar-refractivity contribution in [2.24, 2.45) is 0 Å². The molecule has 1 heterocycles. The van der Waals surface area contributed by atoms with Gasteiger partial charge in [-0.1, -0.05) is 6.07 Å². The highest BCUT2D eigenvalue weighted by Gasteiger charge is 2.05. The van der Waals surface area contributed by atoms with Crippen LogP contribution in [-0.4, -0.2) is 15.9 Å². The normalized spacial score (nSPS) is 11.1. The van der Waals surface area contributed by atoms with E-state index in [1.807, 2.05) is 32.2 Å². The lowest BCUT2D eigenvalue weighted by Gasteiger charge is -2.11. The molecule has 3 heteroatoms. The van der Waals surface area contributed by atoms with Crippen LogP contribution in [0.1, 0.15) is 13.8 Å². The molecule has 14 heavy (non-hydrogen) atoms. The Morgan fingerprint density at radius 2 is 2.07 bits per heavy atom. The maximum absolute atomic E-state index is 9.55. The first-order valence-corrected chi connectivity index (χ1v) is 4.64. The van der Waals surface area contributed by atoms with E-state index < -0.39 is 0 Å². The molecule has 1 aromatic heterocycles. The molecular weight excluding hydrogens is 178 g/mol. The van der Waals surface area contributed by atoms with E-state index in [9.17, 15) is 5.11 Å². The van der Waals surface area contributed by atoms with E-state index in [1.54, 1.807) is 16.9 Å². The Morgan fingerprint density at radius 1 is 1.29 bits per heavy atom. The number of hydrogen-bond acceptors (Lipinski definition) is 2. The quantitative estimate of drug-likeness (QED) is 0.789. The van der Waals surface area contributed by atoms with Gasteiger partial charge >= 0.3 is 0 Å². The maximum Gasteiger partial charge on any atom is 0.125 e. The monoisotopic (exact) mass is 191 g/mol.